The average molecular weight is 260 g/mol. The third-order valence-corrected chi connectivity index (χ3v) is 3.37. The predicted octanol–water partition coefficient (Wildman–Crippen LogP) is 2.07. The van der Waals surface area contributed by atoms with Crippen molar-refractivity contribution in [3.63, 3.8) is 0 Å². The third kappa shape index (κ3) is 4.43. The fourth-order valence-corrected chi connectivity index (χ4v) is 2.17. The highest BCUT2D eigenvalue weighted by atomic mass is 35.5. The highest BCUT2D eigenvalue weighted by molar-refractivity contribution is 7.98. The Hall–Kier alpha value is -0.710. The number of nitrogens with two attached hydrogens (primary N) is 1. The van der Waals surface area contributed by atoms with Crippen molar-refractivity contribution in [3.05, 3.63) is 34.9 Å². The van der Waals surface area contributed by atoms with E-state index in [-0.39, 0.29) is 5.97 Å². The van der Waals surface area contributed by atoms with Gasteiger partial charge in [0, 0.05) is 16.5 Å². The van der Waals surface area contributed by atoms with Gasteiger partial charge in [-0.05, 0) is 17.7 Å². The summed E-state index contributed by atoms with van der Waals surface area (Å²) in [6, 6.07) is 7.05. The van der Waals surface area contributed by atoms with Crippen molar-refractivity contribution < 1.29 is 9.53 Å². The zero-order valence-corrected chi connectivity index (χ0v) is 10.6. The van der Waals surface area contributed by atoms with Gasteiger partial charge in [-0.3, -0.25) is 4.79 Å². The van der Waals surface area contributed by atoms with E-state index in [9.17, 15) is 4.79 Å². The van der Waals surface area contributed by atoms with Crippen molar-refractivity contribution in [2.45, 2.75) is 11.8 Å². The number of halogens is 1. The van der Waals surface area contributed by atoms with Gasteiger partial charge in [0.15, 0.2) is 0 Å². The van der Waals surface area contributed by atoms with Gasteiger partial charge >= 0.3 is 5.97 Å². The molecule has 1 unspecified atom stereocenters. The van der Waals surface area contributed by atoms with Gasteiger partial charge in [0.2, 0.25) is 0 Å². The molecule has 0 aliphatic heterocycles. The van der Waals surface area contributed by atoms with Crippen molar-refractivity contribution in [1.82, 2.24) is 0 Å². The van der Waals surface area contributed by atoms with E-state index in [1.807, 2.05) is 24.3 Å². The molecule has 0 aromatic heterocycles. The molecule has 0 fully saturated rings. The van der Waals surface area contributed by atoms with Gasteiger partial charge in [-0.2, -0.15) is 11.8 Å². The lowest BCUT2D eigenvalue weighted by molar-refractivity contribution is -0.141. The normalized spacial score (nSPS) is 12.2. The van der Waals surface area contributed by atoms with Crippen LogP contribution in [0.1, 0.15) is 5.56 Å². The Kier molecular flexibility index (Phi) is 5.66. The molecule has 0 aliphatic rings. The SMILES string of the molecule is COC(=O)C(N)CSCc1ccc(Cl)cc1. The molecule has 88 valence electrons. The highest BCUT2D eigenvalue weighted by Crippen LogP contribution is 2.15. The summed E-state index contributed by atoms with van der Waals surface area (Å²) in [5.74, 6) is 0.987. The van der Waals surface area contributed by atoms with E-state index in [0.717, 1.165) is 16.3 Å². The Morgan fingerprint density at radius 1 is 1.50 bits per heavy atom. The molecule has 16 heavy (non-hydrogen) atoms. The molecular weight excluding hydrogens is 246 g/mol. The van der Waals surface area contributed by atoms with Crippen molar-refractivity contribution in [2.24, 2.45) is 5.73 Å². The number of benzene rings is 1. The van der Waals surface area contributed by atoms with Gasteiger partial charge < -0.3 is 10.5 Å². The maximum atomic E-state index is 11.0. The zero-order chi connectivity index (χ0) is 12.0. The highest BCUT2D eigenvalue weighted by Gasteiger charge is 2.12. The van der Waals surface area contributed by atoms with E-state index in [4.69, 9.17) is 17.3 Å². The average Bonchev–Trinajstić information content (AvgIpc) is 2.30. The monoisotopic (exact) mass is 259 g/mol. The second kappa shape index (κ2) is 6.78. The largest absolute Gasteiger partial charge is 0.468 e. The first-order chi connectivity index (χ1) is 7.63. The summed E-state index contributed by atoms with van der Waals surface area (Å²) in [6.45, 7) is 0. The molecule has 5 heteroatoms. The third-order valence-electron chi connectivity index (χ3n) is 1.98. The summed E-state index contributed by atoms with van der Waals surface area (Å²) in [4.78, 5) is 11.0. The van der Waals surface area contributed by atoms with Gasteiger partial charge in [0.05, 0.1) is 7.11 Å². The van der Waals surface area contributed by atoms with Crippen LogP contribution >= 0.6 is 23.4 Å². The smallest absolute Gasteiger partial charge is 0.323 e. The van der Waals surface area contributed by atoms with E-state index in [2.05, 4.69) is 4.74 Å². The van der Waals surface area contributed by atoms with Crippen LogP contribution in [-0.2, 0) is 15.3 Å². The van der Waals surface area contributed by atoms with Crippen molar-refractivity contribution in [1.29, 1.82) is 0 Å². The number of carbonyl (C=O) groups is 1. The second-order valence-electron chi connectivity index (χ2n) is 3.27. The van der Waals surface area contributed by atoms with Crippen LogP contribution in [0.4, 0.5) is 0 Å². The van der Waals surface area contributed by atoms with Crippen LogP contribution in [0.3, 0.4) is 0 Å². The lowest BCUT2D eigenvalue weighted by atomic mass is 10.2. The number of ether oxygens (including phenoxy) is 1. The van der Waals surface area contributed by atoms with E-state index in [1.165, 1.54) is 7.11 Å². The molecule has 0 aliphatic carbocycles. The van der Waals surface area contributed by atoms with Crippen molar-refractivity contribution in [3.8, 4) is 0 Å². The van der Waals surface area contributed by atoms with Crippen LogP contribution in [0.2, 0.25) is 5.02 Å². The number of hydrogen-bond acceptors (Lipinski definition) is 4. The molecule has 0 heterocycles. The first-order valence-electron chi connectivity index (χ1n) is 4.79. The molecular formula is C11H14ClNO2S. The standard InChI is InChI=1S/C11H14ClNO2S/c1-15-11(14)10(13)7-16-6-8-2-4-9(12)5-3-8/h2-5,10H,6-7,13H2,1H3. The van der Waals surface area contributed by atoms with Crippen LogP contribution < -0.4 is 5.73 Å². The van der Waals surface area contributed by atoms with Gasteiger partial charge in [0.25, 0.3) is 0 Å². The molecule has 0 spiro atoms. The summed E-state index contributed by atoms with van der Waals surface area (Å²) >= 11 is 7.36. The summed E-state index contributed by atoms with van der Waals surface area (Å²) in [6.07, 6.45) is 0. The van der Waals surface area contributed by atoms with Crippen LogP contribution in [-0.4, -0.2) is 24.9 Å². The molecule has 1 aromatic rings. The maximum Gasteiger partial charge on any atom is 0.323 e. The number of rotatable bonds is 5. The van der Waals surface area contributed by atoms with Crippen LogP contribution in [0.5, 0.6) is 0 Å². The Morgan fingerprint density at radius 2 is 2.12 bits per heavy atom. The fraction of sp³-hybridized carbons (Fsp3) is 0.364. The Balaban J connectivity index is 2.30. The van der Waals surface area contributed by atoms with Crippen molar-refractivity contribution >= 4 is 29.3 Å². The Labute approximate surface area is 104 Å². The molecule has 2 N–H and O–H groups in total. The minimum Gasteiger partial charge on any atom is -0.468 e. The molecule has 3 nitrogen and oxygen atoms in total. The van der Waals surface area contributed by atoms with E-state index >= 15 is 0 Å². The van der Waals surface area contributed by atoms with E-state index in [1.54, 1.807) is 11.8 Å². The van der Waals surface area contributed by atoms with Gasteiger partial charge in [-0.15, -0.1) is 0 Å². The molecule has 1 aromatic carbocycles. The van der Waals surface area contributed by atoms with Crippen LogP contribution in [0, 0.1) is 0 Å². The van der Waals surface area contributed by atoms with Crippen LogP contribution in [0.25, 0.3) is 0 Å². The molecule has 0 saturated carbocycles. The van der Waals surface area contributed by atoms with E-state index < -0.39 is 6.04 Å². The molecule has 0 saturated heterocycles. The molecule has 0 bridgehead atoms. The van der Waals surface area contributed by atoms with Gasteiger partial charge in [0.1, 0.15) is 6.04 Å². The molecule has 1 rings (SSSR count). The quantitative estimate of drug-likeness (QED) is 0.823. The number of methoxy groups -OCH3 is 1. The Morgan fingerprint density at radius 3 is 2.69 bits per heavy atom. The maximum absolute atomic E-state index is 11.0. The number of carbonyl (C=O) groups excluding carboxylic acids is 1. The van der Waals surface area contributed by atoms with Crippen molar-refractivity contribution in [2.75, 3.05) is 12.9 Å². The van der Waals surface area contributed by atoms with Crippen LogP contribution in [0.15, 0.2) is 24.3 Å². The topological polar surface area (TPSA) is 52.3 Å². The Bertz CT molecular complexity index is 342. The summed E-state index contributed by atoms with van der Waals surface area (Å²) in [5, 5.41) is 0.722. The summed E-state index contributed by atoms with van der Waals surface area (Å²) in [5.41, 5.74) is 6.76. The van der Waals surface area contributed by atoms with Gasteiger partial charge in [-0.1, -0.05) is 23.7 Å². The lowest BCUT2D eigenvalue weighted by Gasteiger charge is -2.08. The van der Waals surface area contributed by atoms with Gasteiger partial charge in [-0.25, -0.2) is 0 Å². The molecule has 1 atom stereocenters. The van der Waals surface area contributed by atoms with E-state index in [0.29, 0.717) is 5.75 Å². The first kappa shape index (κ1) is 13.4. The first-order valence-corrected chi connectivity index (χ1v) is 6.32. The molecule has 0 radical (unpaired) electrons. The molecule has 0 amide bonds. The number of thioether (sulfide) groups is 1. The lowest BCUT2D eigenvalue weighted by Crippen LogP contribution is -2.33. The minimum absolute atomic E-state index is 0.372. The fourth-order valence-electron chi connectivity index (χ4n) is 1.10. The predicted molar refractivity (Wildman–Crippen MR) is 67.6 cm³/mol. The zero-order valence-electron chi connectivity index (χ0n) is 8.98. The summed E-state index contributed by atoms with van der Waals surface area (Å²) < 4.78 is 4.54. The summed E-state index contributed by atoms with van der Waals surface area (Å²) in [7, 11) is 1.34. The second-order valence-corrected chi connectivity index (χ2v) is 4.74. The minimum atomic E-state index is -0.553. The number of esters is 1. The number of hydrogen-bond donors (Lipinski definition) is 1.